The maximum atomic E-state index is 13.8. The summed E-state index contributed by atoms with van der Waals surface area (Å²) >= 11 is 6.24. The highest BCUT2D eigenvalue weighted by molar-refractivity contribution is 6.30. The zero-order chi connectivity index (χ0) is 23.2. The van der Waals surface area contributed by atoms with Gasteiger partial charge in [0.25, 0.3) is 11.8 Å². The van der Waals surface area contributed by atoms with Crippen LogP contribution in [-0.4, -0.2) is 46.2 Å². The van der Waals surface area contributed by atoms with Gasteiger partial charge in [-0.1, -0.05) is 23.7 Å². The molecule has 0 radical (unpaired) electrons. The molecule has 0 saturated heterocycles. The van der Waals surface area contributed by atoms with Gasteiger partial charge >= 0.3 is 0 Å². The monoisotopic (exact) mass is 512 g/mol. The lowest BCUT2D eigenvalue weighted by Crippen LogP contribution is -2.40. The first-order valence-electron chi connectivity index (χ1n) is 11.8. The van der Waals surface area contributed by atoms with E-state index in [0.29, 0.717) is 65.5 Å². The Labute approximate surface area is 214 Å². The lowest BCUT2D eigenvalue weighted by atomic mass is 10.0. The van der Waals surface area contributed by atoms with Crippen LogP contribution in [0.2, 0.25) is 5.02 Å². The fourth-order valence-electron chi connectivity index (χ4n) is 4.68. The Balaban J connectivity index is 0.00000253. The van der Waals surface area contributed by atoms with Crippen LogP contribution >= 0.6 is 24.0 Å². The Morgan fingerprint density at radius 3 is 2.86 bits per heavy atom. The fraction of sp³-hybridized carbons (Fsp3) is 0.360. The standard InChI is InChI=1S/C25H25ClN6O2.ClH/c26-17-2-1-3-18(12-17)32-23-19(22(30-32)24(33)28-13-15-4-5-15)9-11-31(25(23)34)21-7-6-16-8-10-27-14-20(16)29-21;/h1-3,6-7,12,15,27H,4-5,8-11,13-14H2,(H,28,33);1H. The van der Waals surface area contributed by atoms with Crippen molar-refractivity contribution in [3.8, 4) is 5.69 Å². The fourth-order valence-corrected chi connectivity index (χ4v) is 4.86. The van der Waals surface area contributed by atoms with Crippen LogP contribution in [0.4, 0.5) is 5.82 Å². The third-order valence-corrected chi connectivity index (χ3v) is 6.96. The summed E-state index contributed by atoms with van der Waals surface area (Å²) in [6.07, 6.45) is 3.74. The second kappa shape index (κ2) is 9.60. The molecule has 10 heteroatoms. The van der Waals surface area contributed by atoms with Crippen LogP contribution in [0.3, 0.4) is 0 Å². The Kier molecular flexibility index (Phi) is 6.53. The number of halogens is 2. The van der Waals surface area contributed by atoms with E-state index >= 15 is 0 Å². The van der Waals surface area contributed by atoms with Crippen molar-refractivity contribution >= 4 is 41.6 Å². The first-order chi connectivity index (χ1) is 16.6. The molecule has 1 saturated carbocycles. The highest BCUT2D eigenvalue weighted by Crippen LogP contribution is 2.31. The van der Waals surface area contributed by atoms with Crippen LogP contribution in [0.25, 0.3) is 5.69 Å². The van der Waals surface area contributed by atoms with E-state index < -0.39 is 0 Å². The second-order valence-electron chi connectivity index (χ2n) is 9.13. The summed E-state index contributed by atoms with van der Waals surface area (Å²) in [5.74, 6) is 0.725. The molecule has 6 rings (SSSR count). The van der Waals surface area contributed by atoms with Gasteiger partial charge in [-0.25, -0.2) is 9.67 Å². The number of rotatable bonds is 5. The Hall–Kier alpha value is -2.94. The number of carbonyl (C=O) groups excluding carboxylic acids is 2. The predicted molar refractivity (Wildman–Crippen MR) is 136 cm³/mol. The number of nitrogens with zero attached hydrogens (tertiary/aromatic N) is 4. The van der Waals surface area contributed by atoms with E-state index in [1.807, 2.05) is 18.2 Å². The van der Waals surface area contributed by atoms with Gasteiger partial charge in [0.2, 0.25) is 0 Å². The first kappa shape index (κ1) is 23.8. The number of amides is 2. The van der Waals surface area contributed by atoms with E-state index in [0.717, 1.165) is 31.5 Å². The Bertz CT molecular complexity index is 1300. The van der Waals surface area contributed by atoms with Crippen molar-refractivity contribution in [1.82, 2.24) is 25.4 Å². The number of nitrogens with one attached hydrogen (secondary N) is 2. The summed E-state index contributed by atoms with van der Waals surface area (Å²) in [6.45, 7) is 2.71. The van der Waals surface area contributed by atoms with E-state index in [4.69, 9.17) is 16.6 Å². The lowest BCUT2D eigenvalue weighted by molar-refractivity contribution is 0.0945. The molecule has 2 amide bonds. The van der Waals surface area contributed by atoms with Gasteiger partial charge in [0.15, 0.2) is 5.69 Å². The molecule has 35 heavy (non-hydrogen) atoms. The number of aromatic nitrogens is 3. The largest absolute Gasteiger partial charge is 0.350 e. The number of hydrogen-bond donors (Lipinski definition) is 2. The van der Waals surface area contributed by atoms with E-state index in [1.165, 1.54) is 5.56 Å². The quantitative estimate of drug-likeness (QED) is 0.546. The molecular weight excluding hydrogens is 487 g/mol. The SMILES string of the molecule is Cl.O=C(NCC1CC1)c1nn(-c2cccc(Cl)c2)c2c1CCN(c1ccc3c(n1)CNCC3)C2=O. The summed E-state index contributed by atoms with van der Waals surface area (Å²) in [6, 6.07) is 11.1. The summed E-state index contributed by atoms with van der Waals surface area (Å²) in [5.41, 5.74) is 4.21. The van der Waals surface area contributed by atoms with E-state index in [9.17, 15) is 9.59 Å². The average Bonchev–Trinajstić information content (AvgIpc) is 3.60. The van der Waals surface area contributed by atoms with E-state index in [-0.39, 0.29) is 24.2 Å². The Morgan fingerprint density at radius 1 is 1.20 bits per heavy atom. The molecule has 8 nitrogen and oxygen atoms in total. The number of fused-ring (bicyclic) bond motifs is 2. The molecule has 3 aliphatic rings. The van der Waals surface area contributed by atoms with Crippen LogP contribution in [-0.2, 0) is 19.4 Å². The Morgan fingerprint density at radius 2 is 2.06 bits per heavy atom. The molecule has 0 bridgehead atoms. The van der Waals surface area contributed by atoms with Gasteiger partial charge in [-0.2, -0.15) is 5.10 Å². The maximum absolute atomic E-state index is 13.8. The van der Waals surface area contributed by atoms with E-state index in [2.05, 4.69) is 21.8 Å². The van der Waals surface area contributed by atoms with Crippen molar-refractivity contribution in [1.29, 1.82) is 0 Å². The van der Waals surface area contributed by atoms with Crippen molar-refractivity contribution in [2.24, 2.45) is 5.92 Å². The maximum Gasteiger partial charge on any atom is 0.278 e. The van der Waals surface area contributed by atoms with Crippen molar-refractivity contribution < 1.29 is 9.59 Å². The van der Waals surface area contributed by atoms with Gasteiger partial charge in [0.1, 0.15) is 11.5 Å². The minimum atomic E-state index is -0.233. The zero-order valence-corrected chi connectivity index (χ0v) is 20.7. The zero-order valence-electron chi connectivity index (χ0n) is 19.1. The normalized spacial score (nSPS) is 16.8. The van der Waals surface area contributed by atoms with Crippen LogP contribution in [0, 0.1) is 5.92 Å². The molecule has 0 unspecified atom stereocenters. The molecular formula is C25H26Cl2N6O2. The molecule has 2 N–H and O–H groups in total. The minimum Gasteiger partial charge on any atom is -0.350 e. The average molecular weight is 513 g/mol. The van der Waals surface area contributed by atoms with Crippen molar-refractivity contribution in [3.05, 3.63) is 69.6 Å². The third kappa shape index (κ3) is 4.53. The molecule has 1 aromatic carbocycles. The number of carbonyl (C=O) groups is 2. The topological polar surface area (TPSA) is 92.2 Å². The van der Waals surface area contributed by atoms with Gasteiger partial charge in [-0.3, -0.25) is 14.5 Å². The molecule has 3 aromatic rings. The third-order valence-electron chi connectivity index (χ3n) is 6.73. The van der Waals surface area contributed by atoms with Crippen LogP contribution < -0.4 is 15.5 Å². The molecule has 0 spiro atoms. The second-order valence-corrected chi connectivity index (χ2v) is 9.57. The minimum absolute atomic E-state index is 0. The van der Waals surface area contributed by atoms with E-state index in [1.54, 1.807) is 21.7 Å². The number of pyridine rings is 1. The number of hydrogen-bond acceptors (Lipinski definition) is 5. The van der Waals surface area contributed by atoms with Gasteiger partial charge in [-0.05, 0) is 68.0 Å². The molecule has 2 aliphatic heterocycles. The highest BCUT2D eigenvalue weighted by atomic mass is 35.5. The van der Waals surface area contributed by atoms with Crippen LogP contribution in [0.1, 0.15) is 50.6 Å². The van der Waals surface area contributed by atoms with Gasteiger partial charge in [0.05, 0.1) is 11.4 Å². The summed E-state index contributed by atoms with van der Waals surface area (Å²) in [4.78, 5) is 33.3. The highest BCUT2D eigenvalue weighted by Gasteiger charge is 2.36. The van der Waals surface area contributed by atoms with Crippen LogP contribution in [0.5, 0.6) is 0 Å². The summed E-state index contributed by atoms with van der Waals surface area (Å²) in [7, 11) is 0. The van der Waals surface area contributed by atoms with Gasteiger partial charge in [-0.15, -0.1) is 12.4 Å². The first-order valence-corrected chi connectivity index (χ1v) is 12.1. The molecule has 182 valence electrons. The van der Waals surface area contributed by atoms with Crippen molar-refractivity contribution in [3.63, 3.8) is 0 Å². The van der Waals surface area contributed by atoms with Crippen molar-refractivity contribution in [2.45, 2.75) is 32.2 Å². The van der Waals surface area contributed by atoms with Gasteiger partial charge in [0, 0.05) is 30.2 Å². The van der Waals surface area contributed by atoms with Crippen molar-refractivity contribution in [2.75, 3.05) is 24.5 Å². The predicted octanol–water partition coefficient (Wildman–Crippen LogP) is 3.33. The summed E-state index contributed by atoms with van der Waals surface area (Å²) in [5, 5.41) is 11.5. The molecule has 4 heterocycles. The number of benzene rings is 1. The summed E-state index contributed by atoms with van der Waals surface area (Å²) < 4.78 is 1.56. The van der Waals surface area contributed by atoms with Gasteiger partial charge < -0.3 is 10.6 Å². The molecule has 0 atom stereocenters. The molecule has 2 aromatic heterocycles. The molecule has 1 fully saturated rings. The number of anilines is 1. The molecule has 1 aliphatic carbocycles. The lowest BCUT2D eigenvalue weighted by Gasteiger charge is -2.28. The van der Waals surface area contributed by atoms with Crippen LogP contribution in [0.15, 0.2) is 36.4 Å². The smallest absolute Gasteiger partial charge is 0.278 e.